The van der Waals surface area contributed by atoms with Crippen LogP contribution in [0.25, 0.3) is 0 Å². The molecule has 0 saturated carbocycles. The first-order valence-corrected chi connectivity index (χ1v) is 5.92. The van der Waals surface area contributed by atoms with E-state index in [1.54, 1.807) is 0 Å². The molecule has 0 spiro atoms. The Balaban J connectivity index is 4.15. The third-order valence-electron chi connectivity index (χ3n) is 2.34. The van der Waals surface area contributed by atoms with E-state index in [4.69, 9.17) is 10.2 Å². The van der Waals surface area contributed by atoms with Crippen LogP contribution in [0.15, 0.2) is 12.2 Å². The van der Waals surface area contributed by atoms with Crippen molar-refractivity contribution in [2.45, 2.75) is 25.3 Å². The van der Waals surface area contributed by atoms with Crippen LogP contribution in [0.4, 0.5) is 0 Å². The van der Waals surface area contributed by atoms with E-state index in [2.05, 4.69) is 5.32 Å². The lowest BCUT2D eigenvalue weighted by Gasteiger charge is -2.14. The number of amides is 1. The second-order valence-electron chi connectivity index (χ2n) is 4.37. The van der Waals surface area contributed by atoms with Crippen molar-refractivity contribution in [3.8, 4) is 0 Å². The molecule has 0 fully saturated rings. The molecule has 0 aromatic heterocycles. The zero-order chi connectivity index (χ0) is 14.8. The van der Waals surface area contributed by atoms with Crippen LogP contribution in [0.5, 0.6) is 0 Å². The van der Waals surface area contributed by atoms with Crippen molar-refractivity contribution in [1.82, 2.24) is 10.2 Å². The Hall–Kier alpha value is -1.89. The lowest BCUT2D eigenvalue weighted by Crippen LogP contribution is -2.40. The Morgan fingerprint density at radius 1 is 1.16 bits per heavy atom. The minimum Gasteiger partial charge on any atom is -0.480 e. The quantitative estimate of drug-likeness (QED) is 0.400. The number of carbonyl (C=O) groups excluding carboxylic acids is 1. The van der Waals surface area contributed by atoms with Gasteiger partial charge in [-0.25, -0.2) is 9.59 Å². The molecule has 0 saturated heterocycles. The second-order valence-corrected chi connectivity index (χ2v) is 4.37. The molecule has 7 nitrogen and oxygen atoms in total. The van der Waals surface area contributed by atoms with Crippen molar-refractivity contribution in [1.29, 1.82) is 0 Å². The molecule has 7 heteroatoms. The van der Waals surface area contributed by atoms with Crippen molar-refractivity contribution in [3.63, 3.8) is 0 Å². The molecule has 1 amide bonds. The van der Waals surface area contributed by atoms with E-state index in [1.165, 1.54) is 0 Å². The van der Waals surface area contributed by atoms with E-state index in [-0.39, 0.29) is 0 Å². The highest BCUT2D eigenvalue weighted by Gasteiger charge is 2.18. The van der Waals surface area contributed by atoms with Gasteiger partial charge in [0.05, 0.1) is 0 Å². The normalized spacial score (nSPS) is 12.6. The molecule has 0 rings (SSSR count). The van der Waals surface area contributed by atoms with Crippen molar-refractivity contribution < 1.29 is 24.6 Å². The number of hydrogen-bond donors (Lipinski definition) is 3. The van der Waals surface area contributed by atoms with Gasteiger partial charge in [0.15, 0.2) is 0 Å². The summed E-state index contributed by atoms with van der Waals surface area (Å²) in [5.74, 6) is -3.10. The predicted octanol–water partition coefficient (Wildman–Crippen LogP) is -0.0715. The topological polar surface area (TPSA) is 107 Å². The van der Waals surface area contributed by atoms with Crippen LogP contribution in [-0.2, 0) is 14.4 Å². The first-order chi connectivity index (χ1) is 8.82. The van der Waals surface area contributed by atoms with E-state index in [0.717, 1.165) is 19.0 Å². The highest BCUT2D eigenvalue weighted by molar-refractivity contribution is 5.95. The summed E-state index contributed by atoms with van der Waals surface area (Å²) >= 11 is 0. The molecule has 0 bridgehead atoms. The van der Waals surface area contributed by atoms with E-state index < -0.39 is 23.9 Å². The second kappa shape index (κ2) is 9.09. The summed E-state index contributed by atoms with van der Waals surface area (Å²) in [4.78, 5) is 34.4. The zero-order valence-electron chi connectivity index (χ0n) is 11.1. The lowest BCUT2D eigenvalue weighted by atomic mass is 10.1. The number of unbranched alkanes of at least 4 members (excludes halogenated alkanes) is 1. The van der Waals surface area contributed by atoms with Gasteiger partial charge < -0.3 is 20.4 Å². The molecule has 0 aliphatic carbocycles. The summed E-state index contributed by atoms with van der Waals surface area (Å²) in [6, 6.07) is -0.992. The van der Waals surface area contributed by atoms with Gasteiger partial charge >= 0.3 is 11.9 Å². The molecule has 1 atom stereocenters. The van der Waals surface area contributed by atoms with E-state index in [1.807, 2.05) is 19.0 Å². The molecule has 0 heterocycles. The van der Waals surface area contributed by atoms with Gasteiger partial charge in [0.25, 0.3) is 0 Å². The average molecular weight is 272 g/mol. The van der Waals surface area contributed by atoms with Crippen molar-refractivity contribution in [2.75, 3.05) is 20.6 Å². The predicted molar refractivity (Wildman–Crippen MR) is 68.7 cm³/mol. The van der Waals surface area contributed by atoms with Crippen LogP contribution in [0.2, 0.25) is 0 Å². The van der Waals surface area contributed by atoms with E-state index >= 15 is 0 Å². The Kier molecular flexibility index (Phi) is 8.19. The van der Waals surface area contributed by atoms with Gasteiger partial charge in [-0.05, 0) is 39.9 Å². The molecule has 3 N–H and O–H groups in total. The summed E-state index contributed by atoms with van der Waals surface area (Å²) in [5, 5.41) is 19.5. The third kappa shape index (κ3) is 9.78. The van der Waals surface area contributed by atoms with Gasteiger partial charge in [-0.3, -0.25) is 4.79 Å². The number of carboxylic acids is 2. The molecule has 0 aromatic carbocycles. The van der Waals surface area contributed by atoms with Crippen LogP contribution in [-0.4, -0.2) is 59.6 Å². The maximum atomic E-state index is 11.3. The molecule has 0 aliphatic heterocycles. The fourth-order valence-electron chi connectivity index (χ4n) is 1.40. The Morgan fingerprint density at radius 3 is 2.26 bits per heavy atom. The molecule has 0 unspecified atom stereocenters. The van der Waals surface area contributed by atoms with Crippen LogP contribution in [0.3, 0.4) is 0 Å². The highest BCUT2D eigenvalue weighted by atomic mass is 16.4. The number of carboxylic acid groups (broad SMARTS) is 2. The Morgan fingerprint density at radius 2 is 1.79 bits per heavy atom. The summed E-state index contributed by atoms with van der Waals surface area (Å²) < 4.78 is 0. The fraction of sp³-hybridized carbons (Fsp3) is 0.583. The largest absolute Gasteiger partial charge is 0.480 e. The van der Waals surface area contributed by atoms with Gasteiger partial charge in [0.1, 0.15) is 6.04 Å². The standard InChI is InChI=1S/C12H20N2O5/c1-14(2)8-4-3-5-9(12(18)19)13-10(15)6-7-11(16)17/h6-7,9H,3-5,8H2,1-2H3,(H,13,15)(H,16,17)(H,18,19)/t9-/m0/s1. The van der Waals surface area contributed by atoms with Gasteiger partial charge in [-0.2, -0.15) is 0 Å². The maximum absolute atomic E-state index is 11.3. The molecule has 0 aliphatic rings. The van der Waals surface area contributed by atoms with Gasteiger partial charge in [0.2, 0.25) is 5.91 Å². The molecule has 108 valence electrons. The first-order valence-electron chi connectivity index (χ1n) is 5.92. The van der Waals surface area contributed by atoms with E-state index in [9.17, 15) is 14.4 Å². The summed E-state index contributed by atoms with van der Waals surface area (Å²) in [6.45, 7) is 0.846. The number of rotatable bonds is 9. The fourth-order valence-corrected chi connectivity index (χ4v) is 1.40. The average Bonchev–Trinajstić information content (AvgIpc) is 2.29. The van der Waals surface area contributed by atoms with Crippen LogP contribution >= 0.6 is 0 Å². The Labute approximate surface area is 111 Å². The zero-order valence-corrected chi connectivity index (χ0v) is 11.1. The minimum absolute atomic E-state index is 0.315. The molecule has 0 radical (unpaired) electrons. The number of hydrogen-bond acceptors (Lipinski definition) is 4. The smallest absolute Gasteiger partial charge is 0.328 e. The highest BCUT2D eigenvalue weighted by Crippen LogP contribution is 2.02. The third-order valence-corrected chi connectivity index (χ3v) is 2.34. The summed E-state index contributed by atoms with van der Waals surface area (Å²) in [6.07, 6.45) is 3.28. The molecular formula is C12H20N2O5. The summed E-state index contributed by atoms with van der Waals surface area (Å²) in [5.41, 5.74) is 0. The van der Waals surface area contributed by atoms with E-state index in [0.29, 0.717) is 18.9 Å². The minimum atomic E-state index is -1.26. The molecule has 0 aromatic rings. The van der Waals surface area contributed by atoms with Gasteiger partial charge in [-0.1, -0.05) is 0 Å². The molecule has 19 heavy (non-hydrogen) atoms. The first kappa shape index (κ1) is 17.1. The van der Waals surface area contributed by atoms with Crippen molar-refractivity contribution in [2.24, 2.45) is 0 Å². The lowest BCUT2D eigenvalue weighted by molar-refractivity contribution is -0.141. The molecular weight excluding hydrogens is 252 g/mol. The van der Waals surface area contributed by atoms with Gasteiger partial charge in [-0.15, -0.1) is 0 Å². The monoisotopic (exact) mass is 272 g/mol. The van der Waals surface area contributed by atoms with Crippen molar-refractivity contribution in [3.05, 3.63) is 12.2 Å². The SMILES string of the molecule is CN(C)CCCC[C@H](NC(=O)C=CC(=O)O)C(=O)O. The maximum Gasteiger partial charge on any atom is 0.328 e. The van der Waals surface area contributed by atoms with Crippen LogP contribution in [0.1, 0.15) is 19.3 Å². The van der Waals surface area contributed by atoms with Crippen molar-refractivity contribution >= 4 is 17.8 Å². The number of nitrogens with zero attached hydrogens (tertiary/aromatic N) is 1. The van der Waals surface area contributed by atoms with Crippen LogP contribution in [0, 0.1) is 0 Å². The Bertz CT molecular complexity index is 352. The number of carbonyl (C=O) groups is 3. The van der Waals surface area contributed by atoms with Crippen LogP contribution < -0.4 is 5.32 Å². The summed E-state index contributed by atoms with van der Waals surface area (Å²) in [7, 11) is 3.85. The number of aliphatic carboxylic acids is 2. The van der Waals surface area contributed by atoms with Gasteiger partial charge in [0, 0.05) is 12.2 Å². The number of nitrogens with one attached hydrogen (secondary N) is 1.